The van der Waals surface area contributed by atoms with Crippen LogP contribution in [-0.2, 0) is 16.1 Å². The van der Waals surface area contributed by atoms with Crippen LogP contribution in [0.2, 0.25) is 0 Å². The summed E-state index contributed by atoms with van der Waals surface area (Å²) in [5.74, 6) is 1.34. The molecule has 1 aromatic rings. The van der Waals surface area contributed by atoms with Crippen molar-refractivity contribution in [2.45, 2.75) is 25.0 Å². The highest BCUT2D eigenvalue weighted by Gasteiger charge is 2.39. The summed E-state index contributed by atoms with van der Waals surface area (Å²) in [4.78, 5) is 12.5. The first kappa shape index (κ1) is 19.5. The smallest absolute Gasteiger partial charge is 0.252 e. The van der Waals surface area contributed by atoms with E-state index < -0.39 is 5.60 Å². The lowest BCUT2D eigenvalue weighted by atomic mass is 9.91. The van der Waals surface area contributed by atoms with Crippen molar-refractivity contribution in [3.05, 3.63) is 23.8 Å². The maximum Gasteiger partial charge on any atom is 0.252 e. The van der Waals surface area contributed by atoms with Crippen LogP contribution in [0.1, 0.15) is 18.4 Å². The number of hydrogen-bond acceptors (Lipinski definition) is 5. The predicted molar refractivity (Wildman–Crippen MR) is 90.5 cm³/mol. The van der Waals surface area contributed by atoms with Gasteiger partial charge in [0.1, 0.15) is 17.1 Å². The molecule has 1 amide bonds. The largest absolute Gasteiger partial charge is 0.497 e. The number of hydrogen-bond donors (Lipinski definition) is 2. The molecule has 0 aromatic heterocycles. The van der Waals surface area contributed by atoms with E-state index in [2.05, 4.69) is 10.6 Å². The zero-order valence-electron chi connectivity index (χ0n) is 13.8. The number of nitrogens with one attached hydrogen (secondary N) is 2. The van der Waals surface area contributed by atoms with E-state index >= 15 is 0 Å². The van der Waals surface area contributed by atoms with Gasteiger partial charge in [-0.05, 0) is 38.1 Å². The van der Waals surface area contributed by atoms with Gasteiger partial charge in [-0.2, -0.15) is 0 Å². The zero-order chi connectivity index (χ0) is 16.0. The average Bonchev–Trinajstić information content (AvgIpc) is 2.59. The summed E-state index contributed by atoms with van der Waals surface area (Å²) in [7, 11) is 4.80. The Balaban J connectivity index is 0.00000264. The van der Waals surface area contributed by atoms with Crippen LogP contribution in [0.4, 0.5) is 0 Å². The standard InChI is InChI=1S/C16H24N2O4.ClH/c1-20-13-5-4-12(14(10-13)21-2)11-18-15(19)16(22-3)6-8-17-9-7-16;/h4-5,10,17H,6-9,11H2,1-3H3,(H,18,19);1H. The number of benzene rings is 1. The first-order chi connectivity index (χ1) is 10.6. The van der Waals surface area contributed by atoms with Gasteiger partial charge in [0.05, 0.1) is 14.2 Å². The van der Waals surface area contributed by atoms with Crippen molar-refractivity contribution in [3.63, 3.8) is 0 Å². The van der Waals surface area contributed by atoms with E-state index in [0.29, 0.717) is 25.1 Å². The molecular formula is C16H25ClN2O4. The third-order valence-electron chi connectivity index (χ3n) is 4.15. The number of carbonyl (C=O) groups excluding carboxylic acids is 1. The molecule has 7 heteroatoms. The van der Waals surface area contributed by atoms with E-state index in [1.165, 1.54) is 0 Å². The van der Waals surface area contributed by atoms with Gasteiger partial charge in [0.2, 0.25) is 0 Å². The van der Waals surface area contributed by atoms with E-state index in [-0.39, 0.29) is 18.3 Å². The Hall–Kier alpha value is -1.50. The Labute approximate surface area is 143 Å². The molecule has 0 unspecified atom stereocenters. The fourth-order valence-corrected chi connectivity index (χ4v) is 2.69. The molecule has 1 heterocycles. The van der Waals surface area contributed by atoms with Crippen LogP contribution in [0.25, 0.3) is 0 Å². The van der Waals surface area contributed by atoms with Gasteiger partial charge in [0, 0.05) is 25.3 Å². The first-order valence-electron chi connectivity index (χ1n) is 7.40. The Morgan fingerprint density at radius 2 is 1.91 bits per heavy atom. The molecule has 1 fully saturated rings. The lowest BCUT2D eigenvalue weighted by Crippen LogP contribution is -2.53. The predicted octanol–water partition coefficient (Wildman–Crippen LogP) is 1.51. The maximum atomic E-state index is 12.5. The molecule has 1 aromatic carbocycles. The van der Waals surface area contributed by atoms with Gasteiger partial charge in [0.25, 0.3) is 5.91 Å². The summed E-state index contributed by atoms with van der Waals surface area (Å²) in [5, 5.41) is 6.20. The highest BCUT2D eigenvalue weighted by atomic mass is 35.5. The fourth-order valence-electron chi connectivity index (χ4n) is 2.69. The fraction of sp³-hybridized carbons (Fsp3) is 0.562. The molecule has 0 radical (unpaired) electrons. The normalized spacial score (nSPS) is 16.1. The van der Waals surface area contributed by atoms with Gasteiger partial charge in [-0.1, -0.05) is 0 Å². The number of amides is 1. The number of carbonyl (C=O) groups is 1. The zero-order valence-corrected chi connectivity index (χ0v) is 14.6. The van der Waals surface area contributed by atoms with Crippen LogP contribution in [0.5, 0.6) is 11.5 Å². The molecular weight excluding hydrogens is 320 g/mol. The molecule has 23 heavy (non-hydrogen) atoms. The molecule has 0 spiro atoms. The van der Waals surface area contributed by atoms with Gasteiger partial charge < -0.3 is 24.8 Å². The second kappa shape index (κ2) is 8.96. The average molecular weight is 345 g/mol. The van der Waals surface area contributed by atoms with E-state index in [0.717, 1.165) is 24.4 Å². The summed E-state index contributed by atoms with van der Waals surface area (Å²) >= 11 is 0. The molecule has 130 valence electrons. The molecule has 1 aliphatic rings. The number of ether oxygens (including phenoxy) is 3. The van der Waals surface area contributed by atoms with Crippen molar-refractivity contribution in [2.75, 3.05) is 34.4 Å². The van der Waals surface area contributed by atoms with Gasteiger partial charge in [-0.15, -0.1) is 12.4 Å². The number of methoxy groups -OCH3 is 3. The van der Waals surface area contributed by atoms with Gasteiger partial charge in [-0.25, -0.2) is 0 Å². The molecule has 0 saturated carbocycles. The second-order valence-electron chi connectivity index (χ2n) is 5.31. The van der Waals surface area contributed by atoms with Crippen molar-refractivity contribution in [2.24, 2.45) is 0 Å². The van der Waals surface area contributed by atoms with Crippen LogP contribution in [-0.4, -0.2) is 45.9 Å². The lowest BCUT2D eigenvalue weighted by molar-refractivity contribution is -0.146. The second-order valence-corrected chi connectivity index (χ2v) is 5.31. The third kappa shape index (κ3) is 4.50. The summed E-state index contributed by atoms with van der Waals surface area (Å²) < 4.78 is 16.0. The van der Waals surface area contributed by atoms with Crippen molar-refractivity contribution in [1.82, 2.24) is 10.6 Å². The first-order valence-corrected chi connectivity index (χ1v) is 7.40. The van der Waals surface area contributed by atoms with Crippen molar-refractivity contribution < 1.29 is 19.0 Å². The van der Waals surface area contributed by atoms with Gasteiger partial charge in [0.15, 0.2) is 0 Å². The van der Waals surface area contributed by atoms with Crippen molar-refractivity contribution >= 4 is 18.3 Å². The summed E-state index contributed by atoms with van der Waals surface area (Å²) in [5.41, 5.74) is 0.169. The van der Waals surface area contributed by atoms with E-state index in [9.17, 15) is 4.79 Å². The van der Waals surface area contributed by atoms with Crippen LogP contribution in [0, 0.1) is 0 Å². The van der Waals surface area contributed by atoms with Crippen LogP contribution in [0.3, 0.4) is 0 Å². The summed E-state index contributed by atoms with van der Waals surface area (Å²) in [6.45, 7) is 1.96. The van der Waals surface area contributed by atoms with E-state index in [1.807, 2.05) is 12.1 Å². The summed E-state index contributed by atoms with van der Waals surface area (Å²) in [6.07, 6.45) is 1.35. The van der Waals surface area contributed by atoms with E-state index in [1.54, 1.807) is 27.4 Å². The van der Waals surface area contributed by atoms with Crippen LogP contribution >= 0.6 is 12.4 Å². The SMILES string of the molecule is COc1ccc(CNC(=O)C2(OC)CCNCC2)c(OC)c1.Cl. The molecule has 6 nitrogen and oxygen atoms in total. The Bertz CT molecular complexity index is 519. The maximum absolute atomic E-state index is 12.5. The highest BCUT2D eigenvalue weighted by Crippen LogP contribution is 2.26. The quantitative estimate of drug-likeness (QED) is 0.818. The Morgan fingerprint density at radius 1 is 1.22 bits per heavy atom. The molecule has 0 atom stereocenters. The minimum atomic E-state index is -0.731. The summed E-state index contributed by atoms with van der Waals surface area (Å²) in [6, 6.07) is 5.54. The minimum Gasteiger partial charge on any atom is -0.497 e. The molecule has 0 aliphatic carbocycles. The Kier molecular flexibility index (Phi) is 7.61. The van der Waals surface area contributed by atoms with Crippen molar-refractivity contribution in [1.29, 1.82) is 0 Å². The lowest BCUT2D eigenvalue weighted by Gasteiger charge is -2.34. The number of piperidine rings is 1. The molecule has 0 bridgehead atoms. The number of rotatable bonds is 6. The van der Waals surface area contributed by atoms with Crippen LogP contribution < -0.4 is 20.1 Å². The monoisotopic (exact) mass is 344 g/mol. The highest BCUT2D eigenvalue weighted by molar-refractivity contribution is 5.85. The minimum absolute atomic E-state index is 0. The molecule has 2 rings (SSSR count). The Morgan fingerprint density at radius 3 is 2.48 bits per heavy atom. The molecule has 1 saturated heterocycles. The molecule has 2 N–H and O–H groups in total. The van der Waals surface area contributed by atoms with Gasteiger partial charge in [-0.3, -0.25) is 4.79 Å². The van der Waals surface area contributed by atoms with Crippen LogP contribution in [0.15, 0.2) is 18.2 Å². The van der Waals surface area contributed by atoms with Crippen molar-refractivity contribution in [3.8, 4) is 11.5 Å². The third-order valence-corrected chi connectivity index (χ3v) is 4.15. The van der Waals surface area contributed by atoms with Gasteiger partial charge >= 0.3 is 0 Å². The topological polar surface area (TPSA) is 68.8 Å². The van der Waals surface area contributed by atoms with E-state index in [4.69, 9.17) is 14.2 Å². The number of halogens is 1. The molecule has 1 aliphatic heterocycles.